The van der Waals surface area contributed by atoms with E-state index < -0.39 is 91.3 Å². The van der Waals surface area contributed by atoms with Gasteiger partial charge in [0.15, 0.2) is 0 Å². The molecule has 158 valence electrons. The average molecular weight is 448 g/mol. The Balaban J connectivity index is 1.73. The van der Waals surface area contributed by atoms with Crippen LogP contribution >= 0.6 is 0 Å². The minimum atomic E-state index is -1.29. The van der Waals surface area contributed by atoms with Gasteiger partial charge in [0.05, 0.1) is 27.4 Å². The van der Waals surface area contributed by atoms with Gasteiger partial charge in [-0.25, -0.2) is 0 Å². The first kappa shape index (κ1) is 8.85. The lowest BCUT2D eigenvalue weighted by atomic mass is 9.34. The summed E-state index contributed by atoms with van der Waals surface area (Å²) < 4.78 is 142. The molecule has 0 saturated carbocycles. The van der Waals surface area contributed by atoms with Crippen LogP contribution in [-0.4, -0.2) is 11.3 Å². The van der Waals surface area contributed by atoms with Crippen molar-refractivity contribution in [3.05, 3.63) is 114 Å². The third-order valence-electron chi connectivity index (χ3n) is 6.45. The second kappa shape index (κ2) is 6.42. The van der Waals surface area contributed by atoms with E-state index in [1.54, 1.807) is 0 Å². The monoisotopic (exact) mass is 448 g/mol. The highest BCUT2D eigenvalue weighted by molar-refractivity contribution is 7.00. The van der Waals surface area contributed by atoms with Gasteiger partial charge in [0.25, 0.3) is 6.71 Å². The maximum atomic E-state index is 9.39. The molecule has 0 unspecified atom stereocenters. The van der Waals surface area contributed by atoms with Crippen molar-refractivity contribution in [2.24, 2.45) is 0 Å². The predicted octanol–water partition coefficient (Wildman–Crippen LogP) is 5.70. The summed E-state index contributed by atoms with van der Waals surface area (Å²) in [5.41, 5.74) is -0.180. The molecule has 2 aliphatic rings. The van der Waals surface area contributed by atoms with Crippen LogP contribution in [0.5, 0.6) is 0 Å². The van der Waals surface area contributed by atoms with Crippen LogP contribution in [0.3, 0.4) is 0 Å². The first-order valence-electron chi connectivity index (χ1n) is 18.6. The van der Waals surface area contributed by atoms with Crippen LogP contribution in [0.1, 0.15) is 27.5 Å². The summed E-state index contributed by atoms with van der Waals surface area (Å²) >= 11 is 0. The van der Waals surface area contributed by atoms with Gasteiger partial charge in [-0.3, -0.25) is 0 Å². The Labute approximate surface area is 221 Å². The minimum Gasteiger partial charge on any atom is -0.311 e. The summed E-state index contributed by atoms with van der Waals surface area (Å²) in [6.07, 6.45) is 0. The Bertz CT molecular complexity index is 2650. The fraction of sp³-hybridized carbons (Fsp3) is 0.0323. The van der Waals surface area contributed by atoms with Gasteiger partial charge in [-0.1, -0.05) is 72.5 Å². The Morgan fingerprint density at radius 1 is 0.676 bits per heavy atom. The molecule has 2 aliphatic heterocycles. The number of anilines is 3. The highest BCUT2D eigenvalue weighted by Crippen LogP contribution is 2.41. The van der Waals surface area contributed by atoms with Crippen molar-refractivity contribution >= 4 is 62.0 Å². The standard InChI is InChI=1S/C31H21BN2/c1-20-18-28-30-29(19-20)34-26-16-7-5-12-22(26)23-13-9-15-25(31(23)34)32(30)24-14-6-8-17-27(24)33(28)21-10-3-2-4-11-21/h2-19H,1H3/i2D,3D,4D,5D,6D,7D,8D,9D,10D,12D,13D,14D,15D,16D,18D,19D. The number of rotatable bonds is 1. The molecule has 0 atom stereocenters. The van der Waals surface area contributed by atoms with Crippen LogP contribution in [0.15, 0.2) is 109 Å². The van der Waals surface area contributed by atoms with Crippen molar-refractivity contribution in [1.82, 2.24) is 4.57 Å². The van der Waals surface area contributed by atoms with Gasteiger partial charge in [0, 0.05) is 39.0 Å². The number of para-hydroxylation sites is 4. The maximum Gasteiger partial charge on any atom is 0.252 e. The van der Waals surface area contributed by atoms with E-state index in [0.717, 1.165) is 6.07 Å². The lowest BCUT2D eigenvalue weighted by molar-refractivity contribution is 1.17. The summed E-state index contributed by atoms with van der Waals surface area (Å²) in [7, 11) is 0. The zero-order valence-electron chi connectivity index (χ0n) is 33.6. The number of nitrogens with zero attached hydrogens (tertiary/aromatic N) is 2. The molecular weight excluding hydrogens is 411 g/mol. The van der Waals surface area contributed by atoms with Crippen LogP contribution in [0, 0.1) is 6.92 Å². The summed E-state index contributed by atoms with van der Waals surface area (Å²) in [5, 5.41) is -0.189. The molecular formula is C31H21BN2. The van der Waals surface area contributed by atoms with Crippen molar-refractivity contribution in [1.29, 1.82) is 0 Å². The van der Waals surface area contributed by atoms with Crippen LogP contribution in [0.25, 0.3) is 27.5 Å². The van der Waals surface area contributed by atoms with E-state index in [1.807, 2.05) is 0 Å². The fourth-order valence-electron chi connectivity index (χ4n) is 5.24. The summed E-state index contributed by atoms with van der Waals surface area (Å²) in [5.74, 6) is 0. The van der Waals surface area contributed by atoms with Crippen molar-refractivity contribution in [2.45, 2.75) is 6.92 Å². The molecule has 6 aromatic rings. The highest BCUT2D eigenvalue weighted by Gasteiger charge is 2.41. The molecule has 3 heterocycles. The molecule has 0 bridgehead atoms. The Hall–Kier alpha value is -4.24. The van der Waals surface area contributed by atoms with Crippen LogP contribution in [0.2, 0.25) is 0 Å². The molecule has 2 nitrogen and oxygen atoms in total. The molecule has 0 N–H and O–H groups in total. The van der Waals surface area contributed by atoms with E-state index in [9.17, 15) is 5.48 Å². The summed E-state index contributed by atoms with van der Waals surface area (Å²) in [4.78, 5) is 1.29. The third-order valence-corrected chi connectivity index (χ3v) is 6.45. The van der Waals surface area contributed by atoms with Crippen LogP contribution in [0.4, 0.5) is 17.1 Å². The van der Waals surface area contributed by atoms with Gasteiger partial charge in [-0.15, -0.1) is 0 Å². The molecule has 5 aromatic carbocycles. The molecule has 0 aliphatic carbocycles. The average Bonchev–Trinajstić information content (AvgIpc) is 3.44. The molecule has 0 amide bonds. The normalized spacial score (nSPS) is 19.9. The Kier molecular flexibility index (Phi) is 1.67. The van der Waals surface area contributed by atoms with E-state index in [4.69, 9.17) is 16.4 Å². The highest BCUT2D eigenvalue weighted by atomic mass is 15.2. The Morgan fingerprint density at radius 3 is 2.41 bits per heavy atom. The molecule has 8 rings (SSSR count). The smallest absolute Gasteiger partial charge is 0.252 e. The number of aromatic nitrogens is 1. The molecule has 0 saturated heterocycles. The second-order valence-corrected chi connectivity index (χ2v) is 8.21. The van der Waals surface area contributed by atoms with Gasteiger partial charge < -0.3 is 9.47 Å². The van der Waals surface area contributed by atoms with Crippen molar-refractivity contribution in [2.75, 3.05) is 4.90 Å². The predicted molar refractivity (Wildman–Crippen MR) is 145 cm³/mol. The van der Waals surface area contributed by atoms with E-state index in [2.05, 4.69) is 0 Å². The van der Waals surface area contributed by atoms with Crippen molar-refractivity contribution in [3.63, 3.8) is 0 Å². The largest absolute Gasteiger partial charge is 0.311 e. The second-order valence-electron chi connectivity index (χ2n) is 8.21. The lowest BCUT2D eigenvalue weighted by Crippen LogP contribution is -2.60. The molecule has 0 spiro atoms. The van der Waals surface area contributed by atoms with Gasteiger partial charge in [-0.05, 0) is 65.2 Å². The van der Waals surface area contributed by atoms with E-state index >= 15 is 0 Å². The van der Waals surface area contributed by atoms with Gasteiger partial charge in [0.2, 0.25) is 0 Å². The molecule has 0 fully saturated rings. The number of fused-ring (bicyclic) bond motifs is 7. The maximum absolute atomic E-state index is 9.39. The third kappa shape index (κ3) is 2.17. The fourth-order valence-corrected chi connectivity index (χ4v) is 5.24. The number of hydrogen-bond acceptors (Lipinski definition) is 1. The lowest BCUT2D eigenvalue weighted by Gasteiger charge is -2.40. The van der Waals surface area contributed by atoms with Crippen LogP contribution in [-0.2, 0) is 0 Å². The minimum absolute atomic E-state index is 0.00190. The van der Waals surface area contributed by atoms with Gasteiger partial charge >= 0.3 is 0 Å². The first-order chi connectivity index (χ1) is 23.4. The number of hydrogen-bond donors (Lipinski definition) is 0. The van der Waals surface area contributed by atoms with E-state index in [0.29, 0.717) is 0 Å². The summed E-state index contributed by atoms with van der Waals surface area (Å²) in [6, 6.07) is -5.39. The summed E-state index contributed by atoms with van der Waals surface area (Å²) in [6.45, 7) is 0.189. The van der Waals surface area contributed by atoms with E-state index in [1.165, 1.54) is 22.5 Å². The first-order valence-corrected chi connectivity index (χ1v) is 10.6. The molecule has 34 heavy (non-hydrogen) atoms. The Morgan fingerprint density at radius 2 is 1.44 bits per heavy atom. The van der Waals surface area contributed by atoms with Crippen LogP contribution < -0.4 is 21.3 Å². The van der Waals surface area contributed by atoms with Gasteiger partial charge in [-0.2, -0.15) is 0 Å². The van der Waals surface area contributed by atoms with Crippen molar-refractivity contribution < 1.29 is 21.9 Å². The molecule has 1 aromatic heterocycles. The SMILES string of the molecule is [2H]c1cc(N2c3cc([2H])c([2H])c([2H])c3B3c4c2c([2H])c(C)c([2H])c4-n2c4c([2H])c([2H])c([2H])c([2H])c4c4c([2H])c([2H])c([2H])c3c42)c([2H])c([2H])c1[2H]. The quantitative estimate of drug-likeness (QED) is 0.292. The van der Waals surface area contributed by atoms with Gasteiger partial charge in [0.1, 0.15) is 0 Å². The molecule has 3 heteroatoms. The van der Waals surface area contributed by atoms with E-state index in [-0.39, 0.29) is 78.6 Å². The zero-order chi connectivity index (χ0) is 36.3. The molecule has 0 radical (unpaired) electrons. The zero-order valence-corrected chi connectivity index (χ0v) is 17.6. The topological polar surface area (TPSA) is 8.17 Å². The van der Waals surface area contributed by atoms with Crippen molar-refractivity contribution in [3.8, 4) is 5.69 Å². The number of benzene rings is 5.